The Bertz CT molecular complexity index is 697. The molecule has 0 aliphatic heterocycles. The molecule has 0 spiro atoms. The van der Waals surface area contributed by atoms with Crippen LogP contribution in [0.2, 0.25) is 0 Å². The predicted octanol–water partition coefficient (Wildman–Crippen LogP) is 2.54. The first-order valence-electron chi connectivity index (χ1n) is 6.14. The van der Waals surface area contributed by atoms with Gasteiger partial charge in [0.25, 0.3) is 11.8 Å². The molecule has 0 fully saturated rings. The smallest absolute Gasteiger partial charge is 0.265 e. The number of carbonyl (C=O) groups is 2. The van der Waals surface area contributed by atoms with E-state index in [1.54, 1.807) is 21.0 Å². The van der Waals surface area contributed by atoms with Crippen molar-refractivity contribution >= 4 is 28.3 Å². The third-order valence-corrected chi connectivity index (χ3v) is 3.77. The Morgan fingerprint density at radius 2 is 2.05 bits per heavy atom. The van der Waals surface area contributed by atoms with Gasteiger partial charge in [0.1, 0.15) is 10.7 Å². The van der Waals surface area contributed by atoms with Crippen molar-refractivity contribution in [3.8, 4) is 0 Å². The molecular formula is C14H14FN3O2S. The van der Waals surface area contributed by atoms with Crippen LogP contribution in [0.25, 0.3) is 0 Å². The fourth-order valence-corrected chi connectivity index (χ4v) is 2.63. The van der Waals surface area contributed by atoms with E-state index in [1.807, 2.05) is 0 Å². The average molecular weight is 307 g/mol. The van der Waals surface area contributed by atoms with E-state index >= 15 is 0 Å². The standard InChI is InChI=1S/C14H14FN3O2S/c1-8-11(13(20)18(2)3)21-14(16-8)17-12(19)9-5-4-6-10(15)7-9/h4-7H,1-3H3,(H,16,17,19). The maximum Gasteiger partial charge on any atom is 0.265 e. The first-order chi connectivity index (χ1) is 9.88. The van der Waals surface area contributed by atoms with Crippen LogP contribution in [0.1, 0.15) is 25.7 Å². The molecule has 2 aromatic rings. The first kappa shape index (κ1) is 15.1. The van der Waals surface area contributed by atoms with E-state index in [-0.39, 0.29) is 11.5 Å². The van der Waals surface area contributed by atoms with Crippen LogP contribution in [0.4, 0.5) is 9.52 Å². The molecule has 5 nitrogen and oxygen atoms in total. The lowest BCUT2D eigenvalue weighted by molar-refractivity contribution is 0.0831. The average Bonchev–Trinajstić information content (AvgIpc) is 2.78. The molecule has 2 amide bonds. The Morgan fingerprint density at radius 1 is 1.33 bits per heavy atom. The zero-order valence-corrected chi connectivity index (χ0v) is 12.6. The highest BCUT2D eigenvalue weighted by Gasteiger charge is 2.18. The summed E-state index contributed by atoms with van der Waals surface area (Å²) in [5, 5.41) is 2.88. The van der Waals surface area contributed by atoms with Crippen molar-refractivity contribution in [2.75, 3.05) is 19.4 Å². The number of hydrogen-bond acceptors (Lipinski definition) is 4. The van der Waals surface area contributed by atoms with Crippen molar-refractivity contribution in [2.24, 2.45) is 0 Å². The van der Waals surface area contributed by atoms with Crippen molar-refractivity contribution in [3.63, 3.8) is 0 Å². The van der Waals surface area contributed by atoms with Gasteiger partial charge in [-0.3, -0.25) is 14.9 Å². The second kappa shape index (κ2) is 6.01. The number of amides is 2. The molecule has 0 saturated carbocycles. The molecule has 0 aliphatic rings. The Balaban J connectivity index is 2.19. The van der Waals surface area contributed by atoms with Crippen molar-refractivity contribution in [3.05, 3.63) is 46.2 Å². The third kappa shape index (κ3) is 3.43. The number of carbonyl (C=O) groups excluding carboxylic acids is 2. The molecule has 2 rings (SSSR count). The van der Waals surface area contributed by atoms with Crippen LogP contribution in [-0.4, -0.2) is 35.8 Å². The van der Waals surface area contributed by atoms with Gasteiger partial charge in [-0.1, -0.05) is 17.4 Å². The number of anilines is 1. The number of thiazole rings is 1. The normalized spacial score (nSPS) is 10.3. The van der Waals surface area contributed by atoms with Gasteiger partial charge in [-0.15, -0.1) is 0 Å². The van der Waals surface area contributed by atoms with Crippen LogP contribution in [0.3, 0.4) is 0 Å². The van der Waals surface area contributed by atoms with Gasteiger partial charge in [-0.05, 0) is 25.1 Å². The Labute approximate surface area is 125 Å². The zero-order chi connectivity index (χ0) is 15.6. The molecule has 7 heteroatoms. The lowest BCUT2D eigenvalue weighted by atomic mass is 10.2. The summed E-state index contributed by atoms with van der Waals surface area (Å²) in [6.07, 6.45) is 0. The van der Waals surface area contributed by atoms with E-state index < -0.39 is 11.7 Å². The highest BCUT2D eigenvalue weighted by Crippen LogP contribution is 2.24. The fourth-order valence-electron chi connectivity index (χ4n) is 1.65. The van der Waals surface area contributed by atoms with Crippen LogP contribution < -0.4 is 5.32 Å². The van der Waals surface area contributed by atoms with E-state index in [1.165, 1.54) is 23.1 Å². The van der Waals surface area contributed by atoms with E-state index in [0.29, 0.717) is 15.7 Å². The molecular weight excluding hydrogens is 293 g/mol. The summed E-state index contributed by atoms with van der Waals surface area (Å²) in [6.45, 7) is 1.70. The molecule has 0 aliphatic carbocycles. The van der Waals surface area contributed by atoms with Crippen molar-refractivity contribution in [1.82, 2.24) is 9.88 Å². The highest BCUT2D eigenvalue weighted by molar-refractivity contribution is 7.17. The summed E-state index contributed by atoms with van der Waals surface area (Å²) < 4.78 is 13.1. The summed E-state index contributed by atoms with van der Waals surface area (Å²) in [5.74, 6) is -1.12. The van der Waals surface area contributed by atoms with E-state index in [0.717, 1.165) is 17.4 Å². The minimum absolute atomic E-state index is 0.170. The second-order valence-corrected chi connectivity index (χ2v) is 5.60. The monoisotopic (exact) mass is 307 g/mol. The molecule has 1 heterocycles. The number of nitrogens with one attached hydrogen (secondary N) is 1. The van der Waals surface area contributed by atoms with Gasteiger partial charge < -0.3 is 4.90 Å². The van der Waals surface area contributed by atoms with E-state index in [9.17, 15) is 14.0 Å². The van der Waals surface area contributed by atoms with Crippen molar-refractivity contribution < 1.29 is 14.0 Å². The summed E-state index contributed by atoms with van der Waals surface area (Å²) >= 11 is 1.10. The van der Waals surface area contributed by atoms with Gasteiger partial charge >= 0.3 is 0 Å². The number of hydrogen-bond donors (Lipinski definition) is 1. The van der Waals surface area contributed by atoms with Crippen molar-refractivity contribution in [1.29, 1.82) is 0 Å². The largest absolute Gasteiger partial charge is 0.344 e. The summed E-state index contributed by atoms with van der Waals surface area (Å²) in [6, 6.07) is 5.36. The number of halogens is 1. The predicted molar refractivity (Wildman–Crippen MR) is 79.2 cm³/mol. The number of rotatable bonds is 3. The van der Waals surface area contributed by atoms with Crippen molar-refractivity contribution in [2.45, 2.75) is 6.92 Å². The molecule has 0 saturated heterocycles. The summed E-state index contributed by atoms with van der Waals surface area (Å²) in [5.41, 5.74) is 0.747. The molecule has 1 N–H and O–H groups in total. The van der Waals surface area contributed by atoms with Gasteiger partial charge in [-0.2, -0.15) is 0 Å². The maximum atomic E-state index is 13.1. The molecule has 21 heavy (non-hydrogen) atoms. The van der Waals surface area contributed by atoms with Crippen LogP contribution in [0.15, 0.2) is 24.3 Å². The minimum Gasteiger partial charge on any atom is -0.344 e. The minimum atomic E-state index is -0.485. The number of nitrogens with zero attached hydrogens (tertiary/aromatic N) is 2. The third-order valence-electron chi connectivity index (χ3n) is 2.70. The highest BCUT2D eigenvalue weighted by atomic mass is 32.1. The zero-order valence-electron chi connectivity index (χ0n) is 11.8. The van der Waals surface area contributed by atoms with Gasteiger partial charge in [0.15, 0.2) is 5.13 Å². The lowest BCUT2D eigenvalue weighted by Gasteiger charge is -2.07. The Kier molecular flexibility index (Phi) is 4.32. The number of aromatic nitrogens is 1. The molecule has 0 bridgehead atoms. The fraction of sp³-hybridized carbons (Fsp3) is 0.214. The first-order valence-corrected chi connectivity index (χ1v) is 6.96. The maximum absolute atomic E-state index is 13.1. The molecule has 0 atom stereocenters. The molecule has 0 unspecified atom stereocenters. The SMILES string of the molecule is Cc1nc(NC(=O)c2cccc(F)c2)sc1C(=O)N(C)C. The Hall–Kier alpha value is -2.28. The Morgan fingerprint density at radius 3 is 2.67 bits per heavy atom. The molecule has 110 valence electrons. The van der Waals surface area contributed by atoms with Gasteiger partial charge in [0.05, 0.1) is 5.69 Å². The van der Waals surface area contributed by atoms with E-state index in [4.69, 9.17) is 0 Å². The van der Waals surface area contributed by atoms with Crippen LogP contribution in [-0.2, 0) is 0 Å². The lowest BCUT2D eigenvalue weighted by Crippen LogP contribution is -2.21. The van der Waals surface area contributed by atoms with Crippen LogP contribution in [0.5, 0.6) is 0 Å². The summed E-state index contributed by atoms with van der Waals surface area (Å²) in [4.78, 5) is 30.0. The number of benzene rings is 1. The number of aryl methyl sites for hydroxylation is 1. The second-order valence-electron chi connectivity index (χ2n) is 4.60. The van der Waals surface area contributed by atoms with Crippen LogP contribution >= 0.6 is 11.3 Å². The van der Waals surface area contributed by atoms with Gasteiger partial charge in [0.2, 0.25) is 0 Å². The van der Waals surface area contributed by atoms with E-state index in [2.05, 4.69) is 10.3 Å². The summed E-state index contributed by atoms with van der Waals surface area (Å²) in [7, 11) is 3.29. The van der Waals surface area contributed by atoms with Gasteiger partial charge in [0, 0.05) is 19.7 Å². The van der Waals surface area contributed by atoms with Gasteiger partial charge in [-0.25, -0.2) is 9.37 Å². The quantitative estimate of drug-likeness (QED) is 0.948. The molecule has 1 aromatic heterocycles. The molecule has 1 aromatic carbocycles. The van der Waals surface area contributed by atoms with Crippen LogP contribution in [0, 0.1) is 12.7 Å². The topological polar surface area (TPSA) is 62.3 Å². The molecule has 0 radical (unpaired) electrons.